The molecule has 0 aliphatic rings. The van der Waals surface area contributed by atoms with Crippen molar-refractivity contribution in [3.8, 4) is 10.6 Å². The van der Waals surface area contributed by atoms with Crippen LogP contribution in [-0.2, 0) is 32.6 Å². The van der Waals surface area contributed by atoms with Crippen LogP contribution in [0.5, 0.6) is 0 Å². The molecule has 0 aliphatic carbocycles. The van der Waals surface area contributed by atoms with Gasteiger partial charge in [0.05, 0.1) is 10.6 Å². The molecule has 0 saturated heterocycles. The molecule has 0 bridgehead atoms. The molecule has 32 heavy (non-hydrogen) atoms. The van der Waals surface area contributed by atoms with Gasteiger partial charge in [-0.2, -0.15) is 4.31 Å². The molecule has 0 atom stereocenters. The lowest BCUT2D eigenvalue weighted by molar-refractivity contribution is -0.145. The van der Waals surface area contributed by atoms with Crippen LogP contribution in [0.1, 0.15) is 31.5 Å². The van der Waals surface area contributed by atoms with Gasteiger partial charge in [0.15, 0.2) is 0 Å². The van der Waals surface area contributed by atoms with Crippen molar-refractivity contribution in [3.63, 3.8) is 0 Å². The van der Waals surface area contributed by atoms with E-state index in [2.05, 4.69) is 4.98 Å². The van der Waals surface area contributed by atoms with Gasteiger partial charge in [-0.3, -0.25) is 4.79 Å². The topological polar surface area (TPSA) is 76.6 Å². The molecular formula is C23H25FN2O4S2. The van der Waals surface area contributed by atoms with Crippen molar-refractivity contribution >= 4 is 27.3 Å². The van der Waals surface area contributed by atoms with Gasteiger partial charge < -0.3 is 4.74 Å². The van der Waals surface area contributed by atoms with Crippen LogP contribution in [-0.4, -0.2) is 36.8 Å². The lowest BCUT2D eigenvalue weighted by Gasteiger charge is -2.18. The molecule has 6 nitrogen and oxygen atoms in total. The van der Waals surface area contributed by atoms with Crippen LogP contribution in [0.2, 0.25) is 0 Å². The first-order chi connectivity index (χ1) is 15.3. The Morgan fingerprint density at radius 1 is 1.06 bits per heavy atom. The number of hydrogen-bond donors (Lipinski definition) is 0. The van der Waals surface area contributed by atoms with Gasteiger partial charge in [0, 0.05) is 30.5 Å². The van der Waals surface area contributed by atoms with Gasteiger partial charge in [0.25, 0.3) is 0 Å². The fourth-order valence-corrected chi connectivity index (χ4v) is 5.38. The fourth-order valence-electron chi connectivity index (χ4n) is 3.11. The van der Waals surface area contributed by atoms with E-state index in [1.165, 1.54) is 27.8 Å². The summed E-state index contributed by atoms with van der Waals surface area (Å²) in [4.78, 5) is 16.8. The van der Waals surface area contributed by atoms with Gasteiger partial charge in [-0.25, -0.2) is 17.8 Å². The molecule has 0 unspecified atom stereocenters. The molecule has 0 N–H and O–H groups in total. The minimum atomic E-state index is -3.49. The SMILES string of the molecule is CCN(CC)S(=O)(=O)c1ccc(CCC(=O)OCc2csc(-c3ccc(F)cc3)n2)cc1. The molecule has 0 radical (unpaired) electrons. The van der Waals surface area contributed by atoms with Crippen LogP contribution in [0.25, 0.3) is 10.6 Å². The van der Waals surface area contributed by atoms with E-state index in [0.717, 1.165) is 16.1 Å². The van der Waals surface area contributed by atoms with E-state index in [4.69, 9.17) is 4.74 Å². The standard InChI is InChI=1S/C23H25FN2O4S2/c1-3-26(4-2)32(28,29)21-12-5-17(6-13-21)7-14-22(27)30-15-20-16-31-23(25-20)18-8-10-19(24)11-9-18/h5-6,8-13,16H,3-4,7,14-15H2,1-2H3. The number of rotatable bonds is 10. The van der Waals surface area contributed by atoms with Gasteiger partial charge in [-0.05, 0) is 48.4 Å². The number of ether oxygens (including phenoxy) is 1. The van der Waals surface area contributed by atoms with Crippen molar-refractivity contribution in [1.82, 2.24) is 9.29 Å². The monoisotopic (exact) mass is 476 g/mol. The predicted molar refractivity (Wildman–Crippen MR) is 122 cm³/mol. The van der Waals surface area contributed by atoms with Crippen LogP contribution in [0.4, 0.5) is 4.39 Å². The Kier molecular flexibility index (Phi) is 8.11. The van der Waals surface area contributed by atoms with Crippen LogP contribution in [0, 0.1) is 5.82 Å². The van der Waals surface area contributed by atoms with Crippen molar-refractivity contribution < 1.29 is 22.3 Å². The van der Waals surface area contributed by atoms with Gasteiger partial charge >= 0.3 is 5.97 Å². The molecule has 2 aromatic carbocycles. The maximum Gasteiger partial charge on any atom is 0.306 e. The maximum atomic E-state index is 13.0. The van der Waals surface area contributed by atoms with E-state index in [1.54, 1.807) is 55.6 Å². The fraction of sp³-hybridized carbons (Fsp3) is 0.304. The third kappa shape index (κ3) is 5.99. The molecule has 9 heteroatoms. The van der Waals surface area contributed by atoms with Crippen LogP contribution in [0.3, 0.4) is 0 Å². The van der Waals surface area contributed by atoms with Crippen molar-refractivity contribution in [1.29, 1.82) is 0 Å². The Labute approximate surface area is 191 Å². The van der Waals surface area contributed by atoms with E-state index < -0.39 is 10.0 Å². The first kappa shape index (κ1) is 24.0. The molecule has 170 valence electrons. The molecule has 1 aromatic heterocycles. The number of nitrogens with zero attached hydrogens (tertiary/aromatic N) is 2. The molecule has 3 rings (SSSR count). The smallest absolute Gasteiger partial charge is 0.306 e. The van der Waals surface area contributed by atoms with E-state index in [0.29, 0.717) is 25.2 Å². The van der Waals surface area contributed by atoms with Crippen molar-refractivity contribution in [2.24, 2.45) is 0 Å². The third-order valence-corrected chi connectivity index (χ3v) is 7.91. The van der Waals surface area contributed by atoms with E-state index in [1.807, 2.05) is 0 Å². The van der Waals surface area contributed by atoms with Gasteiger partial charge in [0.1, 0.15) is 17.4 Å². The van der Waals surface area contributed by atoms with Gasteiger partial charge in [-0.15, -0.1) is 11.3 Å². The number of carbonyl (C=O) groups is 1. The van der Waals surface area contributed by atoms with Gasteiger partial charge in [0.2, 0.25) is 10.0 Å². The van der Waals surface area contributed by atoms with E-state index in [-0.39, 0.29) is 29.7 Å². The maximum absolute atomic E-state index is 13.0. The van der Waals surface area contributed by atoms with E-state index >= 15 is 0 Å². The lowest BCUT2D eigenvalue weighted by atomic mass is 10.1. The summed E-state index contributed by atoms with van der Waals surface area (Å²) in [6.07, 6.45) is 0.624. The Bertz CT molecular complexity index is 1140. The average molecular weight is 477 g/mol. The van der Waals surface area contributed by atoms with Crippen molar-refractivity contribution in [2.45, 2.75) is 38.2 Å². The highest BCUT2D eigenvalue weighted by molar-refractivity contribution is 7.89. The second-order valence-corrected chi connectivity index (χ2v) is 9.84. The number of sulfonamides is 1. The Morgan fingerprint density at radius 3 is 2.34 bits per heavy atom. The van der Waals surface area contributed by atoms with Crippen LogP contribution >= 0.6 is 11.3 Å². The highest BCUT2D eigenvalue weighted by atomic mass is 32.2. The summed E-state index contributed by atoms with van der Waals surface area (Å²) in [6, 6.07) is 12.6. The molecule has 3 aromatic rings. The van der Waals surface area contributed by atoms with Crippen LogP contribution < -0.4 is 0 Å². The van der Waals surface area contributed by atoms with Gasteiger partial charge in [-0.1, -0.05) is 26.0 Å². The summed E-state index contributed by atoms with van der Waals surface area (Å²) in [5, 5.41) is 2.54. The first-order valence-corrected chi connectivity index (χ1v) is 12.6. The molecule has 0 saturated carbocycles. The Hall–Kier alpha value is -2.62. The van der Waals surface area contributed by atoms with Crippen LogP contribution in [0.15, 0.2) is 58.8 Å². The highest BCUT2D eigenvalue weighted by Gasteiger charge is 2.21. The summed E-state index contributed by atoms with van der Waals surface area (Å²) in [6.45, 7) is 4.50. The summed E-state index contributed by atoms with van der Waals surface area (Å²) in [7, 11) is -3.49. The molecular weight excluding hydrogens is 451 g/mol. The quantitative estimate of drug-likeness (QED) is 0.398. The lowest BCUT2D eigenvalue weighted by Crippen LogP contribution is -2.30. The Morgan fingerprint density at radius 2 is 1.72 bits per heavy atom. The number of esters is 1. The zero-order valence-corrected chi connectivity index (χ0v) is 19.6. The second kappa shape index (κ2) is 10.8. The van der Waals surface area contributed by atoms with E-state index in [9.17, 15) is 17.6 Å². The molecule has 0 spiro atoms. The largest absolute Gasteiger partial charge is 0.459 e. The Balaban J connectivity index is 1.50. The predicted octanol–water partition coefficient (Wildman–Crippen LogP) is 4.66. The minimum Gasteiger partial charge on any atom is -0.459 e. The number of benzene rings is 2. The summed E-state index contributed by atoms with van der Waals surface area (Å²) >= 11 is 1.40. The molecule has 0 amide bonds. The number of halogens is 1. The number of aromatic nitrogens is 1. The number of hydrogen-bond acceptors (Lipinski definition) is 6. The summed E-state index contributed by atoms with van der Waals surface area (Å²) in [5.74, 6) is -0.666. The van der Waals surface area contributed by atoms with Crippen molar-refractivity contribution in [2.75, 3.05) is 13.1 Å². The summed E-state index contributed by atoms with van der Waals surface area (Å²) < 4.78 is 44.8. The van der Waals surface area contributed by atoms with Crippen molar-refractivity contribution in [3.05, 3.63) is 71.0 Å². The highest BCUT2D eigenvalue weighted by Crippen LogP contribution is 2.24. The zero-order valence-electron chi connectivity index (χ0n) is 18.0. The molecule has 0 aliphatic heterocycles. The second-order valence-electron chi connectivity index (χ2n) is 7.04. The molecule has 0 fully saturated rings. The number of aryl methyl sites for hydroxylation is 1. The minimum absolute atomic E-state index is 0.0670. The zero-order chi connectivity index (χ0) is 23.1. The number of thiazole rings is 1. The first-order valence-electron chi connectivity index (χ1n) is 10.3. The summed E-state index contributed by atoms with van der Waals surface area (Å²) in [5.41, 5.74) is 2.29. The normalized spacial score (nSPS) is 11.6. The molecule has 1 heterocycles. The third-order valence-electron chi connectivity index (χ3n) is 4.91. The number of carbonyl (C=O) groups excluding carboxylic acids is 1. The average Bonchev–Trinajstić information content (AvgIpc) is 3.27.